The number of aromatic nitrogens is 2. The normalized spacial score (nSPS) is 15.0. The zero-order chi connectivity index (χ0) is 19.5. The number of rotatable bonds is 5. The molecule has 0 bridgehead atoms. The van der Waals surface area contributed by atoms with Crippen molar-refractivity contribution < 1.29 is 9.53 Å². The number of morpholine rings is 1. The average molecular weight is 378 g/mol. The number of hydrogen-bond acceptors (Lipinski definition) is 5. The molecule has 1 aliphatic heterocycles. The third-order valence-corrected chi connectivity index (χ3v) is 5.04. The van der Waals surface area contributed by atoms with Crippen molar-refractivity contribution >= 4 is 16.9 Å². The molecule has 0 saturated carbocycles. The van der Waals surface area contributed by atoms with E-state index in [-0.39, 0.29) is 11.3 Å². The molecule has 1 fully saturated rings. The second-order valence-electron chi connectivity index (χ2n) is 6.77. The fourth-order valence-corrected chi connectivity index (χ4v) is 3.56. The Morgan fingerprint density at radius 2 is 1.75 bits per heavy atom. The van der Waals surface area contributed by atoms with Gasteiger partial charge in [0.25, 0.3) is 5.56 Å². The van der Waals surface area contributed by atoms with Crippen LogP contribution < -0.4 is 11.3 Å². The summed E-state index contributed by atoms with van der Waals surface area (Å²) in [6.07, 6.45) is 0. The van der Waals surface area contributed by atoms with Crippen LogP contribution >= 0.6 is 0 Å². The number of hydrogen-bond donors (Lipinski definition) is 1. The Kier molecular flexibility index (Phi) is 5.18. The number of carbonyl (C=O) groups is 1. The summed E-state index contributed by atoms with van der Waals surface area (Å²) in [5.74, 6) is -0.579. The number of fused-ring (bicyclic) bond motifs is 1. The van der Waals surface area contributed by atoms with Crippen molar-refractivity contribution in [3.63, 3.8) is 0 Å². The Morgan fingerprint density at radius 3 is 2.54 bits per heavy atom. The van der Waals surface area contributed by atoms with Crippen molar-refractivity contribution in [1.82, 2.24) is 14.5 Å². The number of nitrogens with two attached hydrogens (primary N) is 1. The number of nitrogens with zero attached hydrogens (tertiary/aromatic N) is 3. The Bertz CT molecular complexity index is 1070. The number of amides is 1. The average Bonchev–Trinajstić information content (AvgIpc) is 2.73. The number of ether oxygens (including phenoxy) is 1. The first-order valence-electron chi connectivity index (χ1n) is 9.34. The third-order valence-electron chi connectivity index (χ3n) is 5.04. The maximum absolute atomic E-state index is 13.3. The van der Waals surface area contributed by atoms with E-state index in [2.05, 4.69) is 9.88 Å². The van der Waals surface area contributed by atoms with Gasteiger partial charge < -0.3 is 15.0 Å². The lowest BCUT2D eigenvalue weighted by Gasteiger charge is -2.27. The largest absolute Gasteiger partial charge is 0.379 e. The van der Waals surface area contributed by atoms with Crippen molar-refractivity contribution in [3.05, 3.63) is 64.4 Å². The summed E-state index contributed by atoms with van der Waals surface area (Å²) in [4.78, 5) is 32.0. The second kappa shape index (κ2) is 7.92. The minimum Gasteiger partial charge on any atom is -0.379 e. The summed E-state index contributed by atoms with van der Waals surface area (Å²) in [5, 5.41) is 0. The van der Waals surface area contributed by atoms with Gasteiger partial charge in [-0.2, -0.15) is 0 Å². The van der Waals surface area contributed by atoms with E-state index in [1.165, 1.54) is 0 Å². The molecule has 2 aromatic carbocycles. The lowest BCUT2D eigenvalue weighted by atomic mass is 10.0. The Balaban J connectivity index is 1.82. The summed E-state index contributed by atoms with van der Waals surface area (Å²) >= 11 is 0. The van der Waals surface area contributed by atoms with E-state index in [1.807, 2.05) is 24.3 Å². The molecule has 1 aliphatic rings. The zero-order valence-corrected chi connectivity index (χ0v) is 15.5. The number of benzene rings is 2. The molecule has 0 atom stereocenters. The highest BCUT2D eigenvalue weighted by Crippen LogP contribution is 2.21. The van der Waals surface area contributed by atoms with Crippen LogP contribution in [0.15, 0.2) is 53.3 Å². The lowest BCUT2D eigenvalue weighted by molar-refractivity contribution is 0.0364. The Labute approximate surface area is 162 Å². The molecule has 1 amide bonds. The van der Waals surface area contributed by atoms with Crippen molar-refractivity contribution in [3.8, 4) is 11.3 Å². The monoisotopic (exact) mass is 378 g/mol. The van der Waals surface area contributed by atoms with Gasteiger partial charge in [-0.1, -0.05) is 30.3 Å². The first kappa shape index (κ1) is 18.3. The molecule has 2 N–H and O–H groups in total. The summed E-state index contributed by atoms with van der Waals surface area (Å²) in [6, 6.07) is 14.4. The fraction of sp³-hybridized carbons (Fsp3) is 0.286. The van der Waals surface area contributed by atoms with E-state index in [4.69, 9.17) is 10.5 Å². The van der Waals surface area contributed by atoms with Crippen molar-refractivity contribution in [2.45, 2.75) is 6.54 Å². The van der Waals surface area contributed by atoms with Gasteiger partial charge in [-0.25, -0.2) is 4.98 Å². The fourth-order valence-electron chi connectivity index (χ4n) is 3.56. The molecule has 3 aromatic rings. The van der Waals surface area contributed by atoms with Crippen molar-refractivity contribution in [1.29, 1.82) is 0 Å². The second-order valence-corrected chi connectivity index (χ2v) is 6.77. The SMILES string of the molecule is NC(=O)c1ccccc1-c1nc2ccccc2n(CCN2CCOCC2)c1=O. The standard InChI is InChI=1S/C21H22N4O3/c22-20(26)16-6-2-1-5-15(16)19-21(27)25(10-9-24-11-13-28-14-12-24)18-8-4-3-7-17(18)23-19/h1-8H,9-14H2,(H2,22,26). The van der Waals surface area contributed by atoms with Gasteiger partial charge in [-0.05, 0) is 18.2 Å². The predicted octanol–water partition coefficient (Wildman–Crippen LogP) is 1.49. The van der Waals surface area contributed by atoms with Crippen LogP contribution in [0.1, 0.15) is 10.4 Å². The number of primary amides is 1. The smallest absolute Gasteiger partial charge is 0.277 e. The van der Waals surface area contributed by atoms with Gasteiger partial charge in [0.1, 0.15) is 5.69 Å². The molecule has 1 aromatic heterocycles. The quantitative estimate of drug-likeness (QED) is 0.727. The molecule has 0 radical (unpaired) electrons. The van der Waals surface area contributed by atoms with Crippen LogP contribution in [-0.2, 0) is 11.3 Å². The van der Waals surface area contributed by atoms with Crippen LogP contribution in [0.2, 0.25) is 0 Å². The van der Waals surface area contributed by atoms with E-state index >= 15 is 0 Å². The van der Waals surface area contributed by atoms with Crippen LogP contribution in [0, 0.1) is 0 Å². The molecule has 2 heterocycles. The van der Waals surface area contributed by atoms with E-state index < -0.39 is 5.91 Å². The Morgan fingerprint density at radius 1 is 1.04 bits per heavy atom. The first-order valence-corrected chi connectivity index (χ1v) is 9.34. The maximum atomic E-state index is 13.3. The van der Waals surface area contributed by atoms with E-state index in [9.17, 15) is 9.59 Å². The highest BCUT2D eigenvalue weighted by molar-refractivity contribution is 5.99. The summed E-state index contributed by atoms with van der Waals surface area (Å²) in [5.41, 5.74) is 7.78. The molecular formula is C21H22N4O3. The number of para-hydroxylation sites is 2. The van der Waals surface area contributed by atoms with Gasteiger partial charge in [0.2, 0.25) is 5.91 Å². The van der Waals surface area contributed by atoms with Crippen LogP contribution in [0.5, 0.6) is 0 Å². The minimum absolute atomic E-state index is 0.222. The lowest BCUT2D eigenvalue weighted by Crippen LogP contribution is -2.39. The molecule has 0 unspecified atom stereocenters. The van der Waals surface area contributed by atoms with E-state index in [0.29, 0.717) is 36.4 Å². The van der Waals surface area contributed by atoms with Crippen molar-refractivity contribution in [2.24, 2.45) is 5.73 Å². The van der Waals surface area contributed by atoms with Crippen LogP contribution in [0.3, 0.4) is 0 Å². The highest BCUT2D eigenvalue weighted by atomic mass is 16.5. The van der Waals surface area contributed by atoms with Gasteiger partial charge in [0.05, 0.1) is 24.2 Å². The molecule has 0 aliphatic carbocycles. The molecule has 7 nitrogen and oxygen atoms in total. The van der Waals surface area contributed by atoms with Gasteiger partial charge in [0.15, 0.2) is 0 Å². The molecule has 1 saturated heterocycles. The molecule has 4 rings (SSSR count). The predicted molar refractivity (Wildman–Crippen MR) is 107 cm³/mol. The molecule has 28 heavy (non-hydrogen) atoms. The van der Waals surface area contributed by atoms with Gasteiger partial charge >= 0.3 is 0 Å². The summed E-state index contributed by atoms with van der Waals surface area (Å²) < 4.78 is 7.14. The van der Waals surface area contributed by atoms with Gasteiger partial charge in [-0.3, -0.25) is 14.5 Å². The van der Waals surface area contributed by atoms with Crippen LogP contribution in [0.4, 0.5) is 0 Å². The van der Waals surface area contributed by atoms with Gasteiger partial charge in [-0.15, -0.1) is 0 Å². The van der Waals surface area contributed by atoms with Crippen LogP contribution in [-0.4, -0.2) is 53.2 Å². The maximum Gasteiger partial charge on any atom is 0.277 e. The summed E-state index contributed by atoms with van der Waals surface area (Å²) in [7, 11) is 0. The van der Waals surface area contributed by atoms with Gasteiger partial charge in [0, 0.05) is 37.3 Å². The molecular weight excluding hydrogens is 356 g/mol. The van der Waals surface area contributed by atoms with E-state index in [1.54, 1.807) is 28.8 Å². The Hall–Kier alpha value is -3.03. The third kappa shape index (κ3) is 3.54. The molecule has 144 valence electrons. The van der Waals surface area contributed by atoms with E-state index in [0.717, 1.165) is 25.2 Å². The van der Waals surface area contributed by atoms with Crippen molar-refractivity contribution in [2.75, 3.05) is 32.8 Å². The molecule has 7 heteroatoms. The highest BCUT2D eigenvalue weighted by Gasteiger charge is 2.18. The molecule has 0 spiro atoms. The van der Waals surface area contributed by atoms with Crippen LogP contribution in [0.25, 0.3) is 22.3 Å². The topological polar surface area (TPSA) is 90.5 Å². The minimum atomic E-state index is -0.579. The summed E-state index contributed by atoms with van der Waals surface area (Å²) in [6.45, 7) is 4.42. The first-order chi connectivity index (χ1) is 13.6. The zero-order valence-electron chi connectivity index (χ0n) is 15.5. The number of carbonyl (C=O) groups excluding carboxylic acids is 1.